The van der Waals surface area contributed by atoms with Crippen molar-refractivity contribution in [2.75, 3.05) is 26.0 Å². The first kappa shape index (κ1) is 18.7. The number of amides is 2. The molecule has 0 spiro atoms. The lowest BCUT2D eigenvalue weighted by Gasteiger charge is -2.25. The maximum atomic E-state index is 13.1. The first-order valence-electron chi connectivity index (χ1n) is 7.57. The van der Waals surface area contributed by atoms with Crippen LogP contribution in [0.3, 0.4) is 0 Å². The van der Waals surface area contributed by atoms with Crippen LogP contribution in [0.1, 0.15) is 17.2 Å². The summed E-state index contributed by atoms with van der Waals surface area (Å²) in [6.45, 7) is 0.342. The van der Waals surface area contributed by atoms with Gasteiger partial charge in [0, 0.05) is 12.2 Å². The Morgan fingerprint density at radius 2 is 1.96 bits per heavy atom. The molecule has 0 saturated heterocycles. The zero-order valence-electron chi connectivity index (χ0n) is 13.9. The molecule has 0 aliphatic heterocycles. The smallest absolute Gasteiger partial charge is 0.319 e. The number of carbonyl (C=O) groups is 1. The molecule has 0 radical (unpaired) electrons. The maximum absolute atomic E-state index is 13.1. The van der Waals surface area contributed by atoms with E-state index in [1.165, 1.54) is 18.2 Å². The van der Waals surface area contributed by atoms with E-state index in [1.54, 1.807) is 24.3 Å². The number of nitriles is 1. The van der Waals surface area contributed by atoms with Gasteiger partial charge in [-0.15, -0.1) is 0 Å². The summed E-state index contributed by atoms with van der Waals surface area (Å²) < 4.78 is 13.1. The van der Waals surface area contributed by atoms with Gasteiger partial charge in [-0.05, 0) is 50.0 Å². The summed E-state index contributed by atoms with van der Waals surface area (Å²) in [7, 11) is 3.77. The molecule has 1 unspecified atom stereocenters. The SMILES string of the molecule is CN(C)C(CNC(=O)Nc1ccc(C#N)c(Cl)c1)c1ccc(F)cc1. The highest BCUT2D eigenvalue weighted by Crippen LogP contribution is 2.20. The Labute approximate surface area is 151 Å². The van der Waals surface area contributed by atoms with E-state index in [0.717, 1.165) is 5.56 Å². The summed E-state index contributed by atoms with van der Waals surface area (Å²) in [5.74, 6) is -0.301. The predicted octanol–water partition coefficient (Wildman–Crippen LogP) is 3.78. The van der Waals surface area contributed by atoms with Crippen LogP contribution in [0.15, 0.2) is 42.5 Å². The zero-order valence-corrected chi connectivity index (χ0v) is 14.6. The minimum absolute atomic E-state index is 0.101. The molecule has 0 aliphatic carbocycles. The monoisotopic (exact) mass is 360 g/mol. The lowest BCUT2D eigenvalue weighted by Crippen LogP contribution is -2.36. The number of halogens is 2. The van der Waals surface area contributed by atoms with E-state index in [-0.39, 0.29) is 16.9 Å². The summed E-state index contributed by atoms with van der Waals surface area (Å²) in [6, 6.07) is 12.3. The van der Waals surface area contributed by atoms with Gasteiger partial charge in [0.25, 0.3) is 0 Å². The molecule has 0 aliphatic rings. The minimum Gasteiger partial charge on any atom is -0.336 e. The molecule has 2 amide bonds. The van der Waals surface area contributed by atoms with Gasteiger partial charge in [-0.25, -0.2) is 9.18 Å². The van der Waals surface area contributed by atoms with E-state index in [9.17, 15) is 9.18 Å². The normalized spacial score (nSPS) is 11.7. The molecule has 2 rings (SSSR count). The van der Waals surface area contributed by atoms with E-state index < -0.39 is 6.03 Å². The summed E-state index contributed by atoms with van der Waals surface area (Å²) in [4.78, 5) is 14.0. The molecule has 0 bridgehead atoms. The van der Waals surface area contributed by atoms with Gasteiger partial charge in [0.1, 0.15) is 11.9 Å². The van der Waals surface area contributed by atoms with Crippen molar-refractivity contribution in [3.8, 4) is 6.07 Å². The van der Waals surface area contributed by atoms with Crippen molar-refractivity contribution in [3.05, 3.63) is 64.4 Å². The molecular weight excluding hydrogens is 343 g/mol. The Kier molecular flexibility index (Phi) is 6.34. The highest BCUT2D eigenvalue weighted by Gasteiger charge is 2.15. The predicted molar refractivity (Wildman–Crippen MR) is 96.0 cm³/mol. The second-order valence-electron chi connectivity index (χ2n) is 5.67. The third kappa shape index (κ3) is 5.18. The fourth-order valence-electron chi connectivity index (χ4n) is 2.33. The maximum Gasteiger partial charge on any atom is 0.319 e. The number of benzene rings is 2. The molecule has 0 saturated carbocycles. The standard InChI is InChI=1S/C18H18ClFN4O/c1-24(2)17(12-3-6-14(20)7-4-12)11-22-18(25)23-15-8-5-13(10-21)16(19)9-15/h3-9,17H,11H2,1-2H3,(H2,22,23,25). The molecule has 2 aromatic carbocycles. The number of nitrogens with one attached hydrogen (secondary N) is 2. The lowest BCUT2D eigenvalue weighted by molar-refractivity contribution is 0.243. The minimum atomic E-state index is -0.394. The van der Waals surface area contributed by atoms with Gasteiger partial charge in [-0.2, -0.15) is 5.26 Å². The van der Waals surface area contributed by atoms with E-state index in [0.29, 0.717) is 17.8 Å². The molecule has 0 aromatic heterocycles. The van der Waals surface area contributed by atoms with Crippen LogP contribution in [0.4, 0.5) is 14.9 Å². The summed E-state index contributed by atoms with van der Waals surface area (Å²) in [5.41, 5.74) is 1.73. The number of nitrogens with zero attached hydrogens (tertiary/aromatic N) is 2. The topological polar surface area (TPSA) is 68.2 Å². The van der Waals surface area contributed by atoms with Crippen molar-refractivity contribution in [1.82, 2.24) is 10.2 Å². The zero-order chi connectivity index (χ0) is 18.4. The fraction of sp³-hybridized carbons (Fsp3) is 0.222. The molecular formula is C18H18ClFN4O. The first-order valence-corrected chi connectivity index (χ1v) is 7.95. The lowest BCUT2D eigenvalue weighted by atomic mass is 10.1. The molecule has 0 fully saturated rings. The molecule has 0 heterocycles. The molecule has 130 valence electrons. The molecule has 5 nitrogen and oxygen atoms in total. The summed E-state index contributed by atoms with van der Waals surface area (Å²) in [6.07, 6.45) is 0. The van der Waals surface area contributed by atoms with Gasteiger partial charge in [0.2, 0.25) is 0 Å². The van der Waals surface area contributed by atoms with Crippen molar-refractivity contribution in [2.24, 2.45) is 0 Å². The van der Waals surface area contributed by atoms with Gasteiger partial charge in [0.15, 0.2) is 0 Å². The largest absolute Gasteiger partial charge is 0.336 e. The third-order valence-electron chi connectivity index (χ3n) is 3.68. The van der Waals surface area contributed by atoms with Crippen LogP contribution in [-0.2, 0) is 0 Å². The quantitative estimate of drug-likeness (QED) is 0.852. The molecule has 25 heavy (non-hydrogen) atoms. The van der Waals surface area contributed by atoms with Gasteiger partial charge >= 0.3 is 6.03 Å². The van der Waals surface area contributed by atoms with Crippen molar-refractivity contribution >= 4 is 23.3 Å². The number of hydrogen-bond acceptors (Lipinski definition) is 3. The first-order chi connectivity index (χ1) is 11.9. The van der Waals surface area contributed by atoms with Crippen LogP contribution in [0, 0.1) is 17.1 Å². The highest BCUT2D eigenvalue weighted by atomic mass is 35.5. The highest BCUT2D eigenvalue weighted by molar-refractivity contribution is 6.32. The van der Waals surface area contributed by atoms with E-state index in [4.69, 9.17) is 16.9 Å². The number of carbonyl (C=O) groups excluding carboxylic acids is 1. The van der Waals surface area contributed by atoms with Gasteiger partial charge in [0.05, 0.1) is 16.6 Å². The number of anilines is 1. The molecule has 2 aromatic rings. The molecule has 7 heteroatoms. The third-order valence-corrected chi connectivity index (χ3v) is 3.99. The van der Waals surface area contributed by atoms with Crippen LogP contribution < -0.4 is 10.6 Å². The van der Waals surface area contributed by atoms with Crippen LogP contribution in [0.5, 0.6) is 0 Å². The molecule has 1 atom stereocenters. The molecule has 2 N–H and O–H groups in total. The van der Waals surface area contributed by atoms with Crippen LogP contribution in [0.2, 0.25) is 5.02 Å². The van der Waals surface area contributed by atoms with Crippen molar-refractivity contribution in [3.63, 3.8) is 0 Å². The number of likely N-dealkylation sites (N-methyl/N-ethyl adjacent to an activating group) is 1. The average Bonchev–Trinajstić information content (AvgIpc) is 2.56. The Morgan fingerprint density at radius 1 is 1.28 bits per heavy atom. The number of urea groups is 1. The van der Waals surface area contributed by atoms with Gasteiger partial charge < -0.3 is 15.5 Å². The Bertz CT molecular complexity index is 787. The summed E-state index contributed by atoms with van der Waals surface area (Å²) >= 11 is 5.94. The number of hydrogen-bond donors (Lipinski definition) is 2. The Balaban J connectivity index is 1.98. The fourth-order valence-corrected chi connectivity index (χ4v) is 2.55. The Morgan fingerprint density at radius 3 is 2.52 bits per heavy atom. The second-order valence-corrected chi connectivity index (χ2v) is 6.08. The van der Waals surface area contributed by atoms with Crippen molar-refractivity contribution < 1.29 is 9.18 Å². The van der Waals surface area contributed by atoms with E-state index in [1.807, 2.05) is 25.1 Å². The summed E-state index contributed by atoms with van der Waals surface area (Å²) in [5, 5.41) is 14.6. The van der Waals surface area contributed by atoms with Crippen molar-refractivity contribution in [1.29, 1.82) is 5.26 Å². The van der Waals surface area contributed by atoms with Crippen molar-refractivity contribution in [2.45, 2.75) is 6.04 Å². The van der Waals surface area contributed by atoms with Crippen LogP contribution >= 0.6 is 11.6 Å². The van der Waals surface area contributed by atoms with Gasteiger partial charge in [-0.1, -0.05) is 23.7 Å². The van der Waals surface area contributed by atoms with Gasteiger partial charge in [-0.3, -0.25) is 0 Å². The van der Waals surface area contributed by atoms with E-state index >= 15 is 0 Å². The van der Waals surface area contributed by atoms with Crippen LogP contribution in [0.25, 0.3) is 0 Å². The average molecular weight is 361 g/mol. The van der Waals surface area contributed by atoms with E-state index in [2.05, 4.69) is 10.6 Å². The Hall–Kier alpha value is -2.62. The number of rotatable bonds is 5. The van der Waals surface area contributed by atoms with Crippen LogP contribution in [-0.4, -0.2) is 31.6 Å². The second kappa shape index (κ2) is 8.47.